The summed E-state index contributed by atoms with van der Waals surface area (Å²) in [5.41, 5.74) is 0.540. The molecule has 1 saturated carbocycles. The fraction of sp³-hybridized carbons (Fsp3) is 0.600. The molecule has 1 aliphatic carbocycles. The number of carbonyl (C=O) groups is 1. The monoisotopic (exact) mass is 316 g/mol. The van der Waals surface area contributed by atoms with Gasteiger partial charge >= 0.3 is 5.69 Å². The summed E-state index contributed by atoms with van der Waals surface area (Å²) in [5.74, 6) is 1.22. The third kappa shape index (κ3) is 2.47. The Bertz CT molecular complexity index is 797. The Hall–Kier alpha value is -2.38. The largest absolute Gasteiger partial charge is 0.346 e. The van der Waals surface area contributed by atoms with Gasteiger partial charge in [0.2, 0.25) is 0 Å². The van der Waals surface area contributed by atoms with Crippen LogP contribution in [0.1, 0.15) is 36.1 Å². The molecule has 8 nitrogen and oxygen atoms in total. The van der Waals surface area contributed by atoms with Crippen LogP contribution in [0, 0.1) is 5.92 Å². The van der Waals surface area contributed by atoms with Gasteiger partial charge in [-0.3, -0.25) is 14.0 Å². The molecule has 2 aromatic rings. The number of amides is 1. The molecule has 1 amide bonds. The molecule has 0 bridgehead atoms. The zero-order valence-corrected chi connectivity index (χ0v) is 13.2. The second-order valence-corrected chi connectivity index (χ2v) is 6.23. The van der Waals surface area contributed by atoms with E-state index in [1.165, 1.54) is 12.8 Å². The quantitative estimate of drug-likeness (QED) is 0.814. The predicted octanol–water partition coefficient (Wildman–Crippen LogP) is 0.327. The lowest BCUT2D eigenvalue weighted by atomic mass is 10.3. The summed E-state index contributed by atoms with van der Waals surface area (Å²) in [6, 6.07) is 1.74. The molecule has 0 radical (unpaired) electrons. The van der Waals surface area contributed by atoms with Crippen LogP contribution in [-0.4, -0.2) is 41.5 Å². The smallest absolute Gasteiger partial charge is 0.328 e. The van der Waals surface area contributed by atoms with Gasteiger partial charge in [-0.2, -0.15) is 10.2 Å². The average Bonchev–Trinajstić information content (AvgIpc) is 3.16. The van der Waals surface area contributed by atoms with E-state index in [1.54, 1.807) is 31.1 Å². The standard InChI is InChI=1S/C15H20N6O2/c1-2-20-12(5-6-16-20)14(22)18-7-8-19-13(10-18)17-21(15(19)23)9-11-3-4-11/h5-6,11H,2-4,7-10H2,1H3. The van der Waals surface area contributed by atoms with Crippen molar-refractivity contribution < 1.29 is 4.79 Å². The first-order valence-electron chi connectivity index (χ1n) is 8.15. The van der Waals surface area contributed by atoms with Gasteiger partial charge in [-0.15, -0.1) is 0 Å². The van der Waals surface area contributed by atoms with Crippen LogP contribution in [-0.2, 0) is 26.2 Å². The number of aromatic nitrogens is 5. The van der Waals surface area contributed by atoms with Crippen molar-refractivity contribution in [3.05, 3.63) is 34.3 Å². The third-order valence-electron chi connectivity index (χ3n) is 4.58. The van der Waals surface area contributed by atoms with Crippen molar-refractivity contribution >= 4 is 5.91 Å². The number of nitrogens with zero attached hydrogens (tertiary/aromatic N) is 6. The maximum atomic E-state index is 12.7. The van der Waals surface area contributed by atoms with Gasteiger partial charge in [0.15, 0.2) is 5.82 Å². The number of carbonyl (C=O) groups excluding carboxylic acids is 1. The molecule has 0 N–H and O–H groups in total. The normalized spacial score (nSPS) is 17.3. The molecule has 4 rings (SSSR count). The van der Waals surface area contributed by atoms with Crippen LogP contribution in [0.5, 0.6) is 0 Å². The van der Waals surface area contributed by atoms with Gasteiger partial charge in [-0.25, -0.2) is 9.48 Å². The molecule has 2 aromatic heterocycles. The Morgan fingerprint density at radius 3 is 2.87 bits per heavy atom. The molecule has 0 saturated heterocycles. The van der Waals surface area contributed by atoms with Gasteiger partial charge in [0.25, 0.3) is 5.91 Å². The van der Waals surface area contributed by atoms with E-state index < -0.39 is 0 Å². The fourth-order valence-corrected chi connectivity index (χ4v) is 3.06. The molecule has 0 aromatic carbocycles. The molecule has 122 valence electrons. The lowest BCUT2D eigenvalue weighted by Gasteiger charge is -2.26. The molecule has 0 spiro atoms. The second-order valence-electron chi connectivity index (χ2n) is 6.23. The zero-order chi connectivity index (χ0) is 16.0. The van der Waals surface area contributed by atoms with E-state index >= 15 is 0 Å². The van der Waals surface area contributed by atoms with E-state index in [1.807, 2.05) is 6.92 Å². The summed E-state index contributed by atoms with van der Waals surface area (Å²) in [6.07, 6.45) is 4.00. The van der Waals surface area contributed by atoms with Crippen molar-refractivity contribution in [2.75, 3.05) is 6.54 Å². The first-order chi connectivity index (χ1) is 11.2. The van der Waals surface area contributed by atoms with Crippen LogP contribution in [0.2, 0.25) is 0 Å². The average molecular weight is 316 g/mol. The van der Waals surface area contributed by atoms with E-state index in [4.69, 9.17) is 0 Å². The molecular formula is C15H20N6O2. The maximum Gasteiger partial charge on any atom is 0.346 e. The molecule has 2 aliphatic rings. The van der Waals surface area contributed by atoms with Crippen LogP contribution in [0.25, 0.3) is 0 Å². The van der Waals surface area contributed by atoms with Crippen molar-refractivity contribution in [3.63, 3.8) is 0 Å². The molecular weight excluding hydrogens is 296 g/mol. The molecule has 0 unspecified atom stereocenters. The Balaban J connectivity index is 1.56. The van der Waals surface area contributed by atoms with Crippen molar-refractivity contribution in [1.29, 1.82) is 0 Å². The molecule has 1 fully saturated rings. The van der Waals surface area contributed by atoms with Crippen LogP contribution >= 0.6 is 0 Å². The highest BCUT2D eigenvalue weighted by molar-refractivity contribution is 5.92. The lowest BCUT2D eigenvalue weighted by molar-refractivity contribution is 0.0693. The minimum atomic E-state index is -0.0557. The van der Waals surface area contributed by atoms with Crippen LogP contribution in [0.15, 0.2) is 17.1 Å². The minimum absolute atomic E-state index is 0.0439. The van der Waals surface area contributed by atoms with E-state index in [2.05, 4.69) is 10.2 Å². The second kappa shape index (κ2) is 5.36. The van der Waals surface area contributed by atoms with Crippen molar-refractivity contribution in [2.45, 2.75) is 45.9 Å². The number of hydrogen-bond donors (Lipinski definition) is 0. The highest BCUT2D eigenvalue weighted by Crippen LogP contribution is 2.29. The third-order valence-corrected chi connectivity index (χ3v) is 4.58. The van der Waals surface area contributed by atoms with Gasteiger partial charge in [0.05, 0.1) is 6.54 Å². The maximum absolute atomic E-state index is 12.7. The highest BCUT2D eigenvalue weighted by atomic mass is 16.2. The number of rotatable bonds is 4. The van der Waals surface area contributed by atoms with Gasteiger partial charge in [0, 0.05) is 32.4 Å². The summed E-state index contributed by atoms with van der Waals surface area (Å²) in [5, 5.41) is 8.58. The van der Waals surface area contributed by atoms with Crippen molar-refractivity contribution in [2.24, 2.45) is 5.92 Å². The molecule has 1 aliphatic heterocycles. The molecule has 0 atom stereocenters. The van der Waals surface area contributed by atoms with E-state index in [9.17, 15) is 9.59 Å². The van der Waals surface area contributed by atoms with E-state index in [0.29, 0.717) is 50.2 Å². The Morgan fingerprint density at radius 2 is 2.13 bits per heavy atom. The summed E-state index contributed by atoms with van der Waals surface area (Å²) in [4.78, 5) is 26.7. The molecule has 3 heterocycles. The minimum Gasteiger partial charge on any atom is -0.328 e. The van der Waals surface area contributed by atoms with Gasteiger partial charge in [0.1, 0.15) is 5.69 Å². The summed E-state index contributed by atoms with van der Waals surface area (Å²) in [6.45, 7) is 4.72. The number of hydrogen-bond acceptors (Lipinski definition) is 4. The zero-order valence-electron chi connectivity index (χ0n) is 13.2. The summed E-state index contributed by atoms with van der Waals surface area (Å²) in [7, 11) is 0. The topological polar surface area (TPSA) is 78.0 Å². The Labute approximate surface area is 133 Å². The Kier molecular flexibility index (Phi) is 3.32. The van der Waals surface area contributed by atoms with Gasteiger partial charge in [-0.1, -0.05) is 0 Å². The lowest BCUT2D eigenvalue weighted by Crippen LogP contribution is -2.41. The number of aryl methyl sites for hydroxylation is 1. The van der Waals surface area contributed by atoms with Gasteiger partial charge < -0.3 is 4.90 Å². The van der Waals surface area contributed by atoms with Crippen molar-refractivity contribution in [3.8, 4) is 0 Å². The van der Waals surface area contributed by atoms with Gasteiger partial charge in [-0.05, 0) is 31.7 Å². The van der Waals surface area contributed by atoms with Crippen LogP contribution < -0.4 is 5.69 Å². The Morgan fingerprint density at radius 1 is 1.30 bits per heavy atom. The first kappa shape index (κ1) is 14.2. The van der Waals surface area contributed by atoms with E-state index in [-0.39, 0.29) is 11.6 Å². The SMILES string of the molecule is CCn1nccc1C(=O)N1CCn2c(nn(CC3CC3)c2=O)C1. The van der Waals surface area contributed by atoms with Crippen molar-refractivity contribution in [1.82, 2.24) is 29.0 Å². The molecule has 23 heavy (non-hydrogen) atoms. The van der Waals surface area contributed by atoms with Crippen LogP contribution in [0.3, 0.4) is 0 Å². The number of fused-ring (bicyclic) bond motifs is 1. The predicted molar refractivity (Wildman–Crippen MR) is 81.9 cm³/mol. The highest BCUT2D eigenvalue weighted by Gasteiger charge is 2.29. The van der Waals surface area contributed by atoms with Crippen LogP contribution in [0.4, 0.5) is 0 Å². The summed E-state index contributed by atoms with van der Waals surface area (Å²) < 4.78 is 4.95. The fourth-order valence-electron chi connectivity index (χ4n) is 3.06. The first-order valence-corrected chi connectivity index (χ1v) is 8.15. The molecule has 8 heteroatoms. The van der Waals surface area contributed by atoms with E-state index in [0.717, 1.165) is 0 Å². The summed E-state index contributed by atoms with van der Waals surface area (Å²) >= 11 is 0.